The topological polar surface area (TPSA) is 119 Å². The first-order valence-corrected chi connectivity index (χ1v) is 16.2. The molecular formula is C35H23N7O2S. The third kappa shape index (κ3) is 3.50. The minimum absolute atomic E-state index is 0.132. The molecule has 0 amide bonds. The molecule has 1 unspecified atom stereocenters. The monoisotopic (exact) mass is 605 g/mol. The van der Waals surface area contributed by atoms with Crippen LogP contribution >= 0.6 is 0 Å². The van der Waals surface area contributed by atoms with E-state index in [0.717, 1.165) is 72.7 Å². The van der Waals surface area contributed by atoms with E-state index in [-0.39, 0.29) is 9.79 Å². The average Bonchev–Trinajstić information content (AvgIpc) is 3.46. The Morgan fingerprint density at radius 1 is 0.867 bits per heavy atom. The second-order valence-corrected chi connectivity index (χ2v) is 13.5. The molecule has 6 aromatic heterocycles. The molecule has 9 nitrogen and oxygen atoms in total. The van der Waals surface area contributed by atoms with Crippen LogP contribution in [0.5, 0.6) is 0 Å². The minimum Gasteiger partial charge on any atom is -0.305 e. The molecule has 0 radical (unpaired) electrons. The van der Waals surface area contributed by atoms with Crippen molar-refractivity contribution in [1.82, 2.24) is 29.1 Å². The van der Waals surface area contributed by atoms with Gasteiger partial charge < -0.3 is 4.40 Å². The molecule has 0 spiro atoms. The van der Waals surface area contributed by atoms with Gasteiger partial charge in [0.2, 0.25) is 9.84 Å². The molecule has 0 saturated carbocycles. The van der Waals surface area contributed by atoms with Gasteiger partial charge in [-0.15, -0.1) is 10.2 Å². The zero-order valence-corrected chi connectivity index (χ0v) is 24.8. The lowest BCUT2D eigenvalue weighted by Crippen LogP contribution is -2.29. The summed E-state index contributed by atoms with van der Waals surface area (Å²) in [6.45, 7) is 2.25. The summed E-state index contributed by atoms with van der Waals surface area (Å²) < 4.78 is 31.2. The van der Waals surface area contributed by atoms with Crippen LogP contribution in [0.3, 0.4) is 0 Å². The molecule has 45 heavy (non-hydrogen) atoms. The zero-order valence-electron chi connectivity index (χ0n) is 24.0. The summed E-state index contributed by atoms with van der Waals surface area (Å²) >= 11 is 0. The fraction of sp³-hybridized carbons (Fsp3) is 0.114. The summed E-state index contributed by atoms with van der Waals surface area (Å²) in [4.78, 5) is 9.49. The van der Waals surface area contributed by atoms with Gasteiger partial charge in [-0.25, -0.2) is 8.42 Å². The van der Waals surface area contributed by atoms with Crippen molar-refractivity contribution in [1.29, 1.82) is 5.26 Å². The Morgan fingerprint density at radius 3 is 2.40 bits per heavy atom. The first-order chi connectivity index (χ1) is 22.0. The zero-order chi connectivity index (χ0) is 30.4. The lowest BCUT2D eigenvalue weighted by atomic mass is 10.0. The average molecular weight is 606 g/mol. The van der Waals surface area contributed by atoms with Gasteiger partial charge in [-0.1, -0.05) is 19.1 Å². The second kappa shape index (κ2) is 9.17. The van der Waals surface area contributed by atoms with E-state index in [4.69, 9.17) is 20.4 Å². The predicted octanol–water partition coefficient (Wildman–Crippen LogP) is 5.06. The third-order valence-corrected chi connectivity index (χ3v) is 10.8. The van der Waals surface area contributed by atoms with Crippen molar-refractivity contribution in [3.63, 3.8) is 0 Å². The number of hydrogen-bond acceptors (Lipinski definition) is 7. The normalized spacial score (nSPS) is 15.3. The lowest BCUT2D eigenvalue weighted by molar-refractivity contribution is 0.596. The fourth-order valence-electron chi connectivity index (χ4n) is 6.91. The van der Waals surface area contributed by atoms with E-state index in [2.05, 4.69) is 28.5 Å². The molecule has 1 atom stereocenters. The van der Waals surface area contributed by atoms with E-state index in [0.29, 0.717) is 17.1 Å². The number of nitriles is 1. The van der Waals surface area contributed by atoms with Gasteiger partial charge in [-0.2, -0.15) is 5.26 Å². The molecule has 1 aliphatic rings. The van der Waals surface area contributed by atoms with E-state index in [1.165, 1.54) is 24.3 Å². The molecule has 6 heterocycles. The Bertz CT molecular complexity index is 2790. The molecule has 216 valence electrons. The Kier molecular flexibility index (Phi) is 5.26. The number of pyridine rings is 2. The van der Waals surface area contributed by atoms with Gasteiger partial charge in [0.05, 0.1) is 55.8 Å². The van der Waals surface area contributed by atoms with Gasteiger partial charge >= 0.3 is 0 Å². The number of aromatic nitrogens is 6. The van der Waals surface area contributed by atoms with E-state index >= 15 is 0 Å². The van der Waals surface area contributed by atoms with Gasteiger partial charge in [-0.3, -0.25) is 14.5 Å². The third-order valence-electron chi connectivity index (χ3n) is 8.99. The number of sulfone groups is 1. The molecule has 0 saturated heterocycles. The van der Waals surface area contributed by atoms with Gasteiger partial charge in [0.1, 0.15) is 5.52 Å². The molecule has 8 aromatic rings. The van der Waals surface area contributed by atoms with E-state index in [1.54, 1.807) is 30.5 Å². The number of nitrogens with zero attached hydrogens (tertiary/aromatic N) is 7. The van der Waals surface area contributed by atoms with Crippen molar-refractivity contribution in [3.05, 3.63) is 95.5 Å². The molecule has 10 heteroatoms. The highest BCUT2D eigenvalue weighted by atomic mass is 32.2. The molecule has 1 aliphatic carbocycles. The predicted molar refractivity (Wildman–Crippen MR) is 172 cm³/mol. The van der Waals surface area contributed by atoms with Crippen LogP contribution in [0.4, 0.5) is 0 Å². The maximum Gasteiger partial charge on any atom is 0.206 e. The maximum absolute atomic E-state index is 13.4. The number of benzene rings is 2. The van der Waals surface area contributed by atoms with Crippen molar-refractivity contribution in [2.24, 2.45) is 5.92 Å². The van der Waals surface area contributed by atoms with Crippen LogP contribution in [0.2, 0.25) is 0 Å². The van der Waals surface area contributed by atoms with Crippen molar-refractivity contribution < 1.29 is 8.42 Å². The molecule has 0 aliphatic heterocycles. The summed E-state index contributed by atoms with van der Waals surface area (Å²) in [6.07, 6.45) is 14.1. The number of hydrogen-bond donors (Lipinski definition) is 0. The minimum atomic E-state index is -3.79. The summed E-state index contributed by atoms with van der Waals surface area (Å²) in [5.74, 6) is 0.375. The van der Waals surface area contributed by atoms with Crippen molar-refractivity contribution in [2.75, 3.05) is 0 Å². The van der Waals surface area contributed by atoms with Crippen LogP contribution in [0.1, 0.15) is 25.3 Å². The largest absolute Gasteiger partial charge is 0.305 e. The van der Waals surface area contributed by atoms with Gasteiger partial charge in [0.25, 0.3) is 0 Å². The van der Waals surface area contributed by atoms with Gasteiger partial charge in [0.15, 0.2) is 5.65 Å². The fourth-order valence-corrected chi connectivity index (χ4v) is 8.17. The Hall–Kier alpha value is -5.66. The Labute approximate surface area is 256 Å². The molecule has 0 N–H and O–H groups in total. The summed E-state index contributed by atoms with van der Waals surface area (Å²) in [7, 11) is -3.79. The van der Waals surface area contributed by atoms with E-state index in [9.17, 15) is 8.42 Å². The number of rotatable bonds is 3. The van der Waals surface area contributed by atoms with Crippen LogP contribution in [0.25, 0.3) is 67.1 Å². The molecular weight excluding hydrogens is 582 g/mol. The second-order valence-electron chi connectivity index (χ2n) is 11.6. The van der Waals surface area contributed by atoms with Crippen LogP contribution in [0, 0.1) is 17.2 Å². The first kappa shape index (κ1) is 25.8. The highest BCUT2D eigenvalue weighted by Crippen LogP contribution is 2.39. The van der Waals surface area contributed by atoms with E-state index in [1.807, 2.05) is 35.3 Å². The number of fused-ring (bicyclic) bond motifs is 6. The van der Waals surface area contributed by atoms with Gasteiger partial charge in [-0.05, 0) is 73.4 Å². The SMILES string of the molecule is CC1C=c2c(n3c4cnccc4c4nnc5c(c6c2cncc6n5-c2ccc(S(=O)(=O)c5ccc(C#N)cc5)cc2)c43)=CCC1. The Balaban J connectivity index is 1.38. The first-order valence-electron chi connectivity index (χ1n) is 14.7. The van der Waals surface area contributed by atoms with Crippen molar-refractivity contribution >= 4 is 71.2 Å². The Morgan fingerprint density at radius 2 is 1.62 bits per heavy atom. The van der Waals surface area contributed by atoms with Crippen LogP contribution < -0.4 is 10.6 Å². The van der Waals surface area contributed by atoms with Crippen LogP contribution in [-0.2, 0) is 9.84 Å². The van der Waals surface area contributed by atoms with Crippen molar-refractivity contribution in [3.8, 4) is 11.8 Å². The van der Waals surface area contributed by atoms with Crippen molar-refractivity contribution in [2.45, 2.75) is 29.6 Å². The van der Waals surface area contributed by atoms with Crippen LogP contribution in [0.15, 0.2) is 89.2 Å². The van der Waals surface area contributed by atoms with Crippen LogP contribution in [-0.4, -0.2) is 37.6 Å². The smallest absolute Gasteiger partial charge is 0.206 e. The summed E-state index contributed by atoms with van der Waals surface area (Å²) in [5.41, 5.74) is 5.43. The highest BCUT2D eigenvalue weighted by Gasteiger charge is 2.25. The standard InChI is InChI=1S/C35H23N7O2S/c1-20-3-2-4-28-26(15-20)27-17-38-19-30-31(27)32-34-33(25-13-14-37-18-29(25)42(28)34)39-40-35(32)41(30)22-7-11-24(12-8-22)45(43,44)23-9-5-21(16-36)6-10-23/h4-15,17-20H,2-3H2,1H3. The lowest BCUT2D eigenvalue weighted by Gasteiger charge is -2.09. The maximum atomic E-state index is 13.4. The molecule has 9 rings (SSSR count). The quantitative estimate of drug-likeness (QED) is 0.276. The molecule has 0 fully saturated rings. The molecule has 2 aromatic carbocycles. The summed E-state index contributed by atoms with van der Waals surface area (Å²) in [5, 5.41) is 25.0. The van der Waals surface area contributed by atoms with Gasteiger partial charge in [0, 0.05) is 44.8 Å². The summed E-state index contributed by atoms with van der Waals surface area (Å²) in [6, 6.07) is 16.7. The highest BCUT2D eigenvalue weighted by molar-refractivity contribution is 7.91. The molecule has 0 bridgehead atoms. The van der Waals surface area contributed by atoms with E-state index < -0.39 is 9.84 Å².